The molecule has 0 aliphatic rings. The van der Waals surface area contributed by atoms with Gasteiger partial charge in [0.1, 0.15) is 12.3 Å². The van der Waals surface area contributed by atoms with Crippen molar-refractivity contribution in [2.45, 2.75) is 163 Å². The summed E-state index contributed by atoms with van der Waals surface area (Å²) in [6.45, 7) is 10.7. The fourth-order valence-corrected chi connectivity index (χ4v) is 11.0. The number of unbranched alkanes of at least 4 members (excludes halogenated alkanes) is 9. The van der Waals surface area contributed by atoms with Crippen molar-refractivity contribution in [1.29, 1.82) is 0 Å². The molecule has 6 aromatic rings. The Kier molecular flexibility index (Phi) is 31.6. The highest BCUT2D eigenvalue weighted by Crippen LogP contribution is 2.28. The van der Waals surface area contributed by atoms with Gasteiger partial charge < -0.3 is 0 Å². The van der Waals surface area contributed by atoms with Crippen LogP contribution in [0.4, 0.5) is 0 Å². The minimum Gasteiger partial charge on any atom is -0.147 e. The number of hydrogen-bond donors (Lipinski definition) is 0. The Hall–Kier alpha value is -4.04. The summed E-state index contributed by atoms with van der Waals surface area (Å²) in [5.74, 6) is 0. The Morgan fingerprint density at radius 3 is 0.736 bits per heavy atom. The van der Waals surface area contributed by atoms with Gasteiger partial charge in [0.25, 0.3) is 0 Å². The van der Waals surface area contributed by atoms with Crippen LogP contribution >= 0.6 is 31.8 Å². The van der Waals surface area contributed by atoms with Crippen LogP contribution in [0, 0.1) is 0 Å². The Labute approximate surface area is 448 Å². The Bertz CT molecular complexity index is 2160. The maximum absolute atomic E-state index is 12.6. The van der Waals surface area contributed by atoms with E-state index in [0.29, 0.717) is 6.61 Å². The van der Waals surface area contributed by atoms with Crippen LogP contribution in [0.1, 0.15) is 157 Å². The van der Waals surface area contributed by atoms with Crippen LogP contribution in [0.3, 0.4) is 0 Å². The van der Waals surface area contributed by atoms with E-state index in [-0.39, 0.29) is 0 Å². The molecule has 3 nitrogen and oxygen atoms in total. The van der Waals surface area contributed by atoms with E-state index < -0.39 is 15.8 Å². The molecule has 0 aromatic heterocycles. The predicted octanol–water partition coefficient (Wildman–Crippen LogP) is 20.9. The lowest BCUT2D eigenvalue weighted by Crippen LogP contribution is -1.91. The monoisotopic (exact) mass is 1070 g/mol. The number of halogens is 1. The van der Waals surface area contributed by atoms with Gasteiger partial charge in [0.2, 0.25) is 0 Å². The van der Waals surface area contributed by atoms with Crippen LogP contribution in [0.25, 0.3) is 33.4 Å². The van der Waals surface area contributed by atoms with Crippen LogP contribution in [-0.2, 0) is 52.2 Å². The lowest BCUT2D eigenvalue weighted by molar-refractivity contribution is 0.354. The van der Waals surface area contributed by atoms with Crippen LogP contribution in [0.15, 0.2) is 146 Å². The minimum atomic E-state index is -1.35. The first-order chi connectivity index (χ1) is 35.2. The van der Waals surface area contributed by atoms with E-state index in [0.717, 1.165) is 56.2 Å². The average molecular weight is 1070 g/mol. The second-order valence-electron chi connectivity index (χ2n) is 19.4. The van der Waals surface area contributed by atoms with Crippen LogP contribution in [0.2, 0.25) is 0 Å². The molecule has 6 rings (SSSR count). The Morgan fingerprint density at radius 1 is 0.333 bits per heavy atom. The highest BCUT2D eigenvalue weighted by molar-refractivity contribution is 9.09. The van der Waals surface area contributed by atoms with Gasteiger partial charge in [-0.1, -0.05) is 225 Å². The molecule has 0 aliphatic carbocycles. The Balaban J connectivity index is 0.000000332. The number of hydrogen-bond acceptors (Lipinski definition) is 3. The van der Waals surface area contributed by atoms with E-state index in [1.807, 2.05) is 6.92 Å². The van der Waals surface area contributed by atoms with Crippen molar-refractivity contribution in [2.75, 3.05) is 30.9 Å². The van der Waals surface area contributed by atoms with Crippen molar-refractivity contribution in [3.8, 4) is 33.4 Å². The maximum atomic E-state index is 12.6. The molecule has 0 N–H and O–H groups in total. The van der Waals surface area contributed by atoms with Crippen molar-refractivity contribution in [3.63, 3.8) is 0 Å². The molecule has 0 saturated heterocycles. The predicted molar refractivity (Wildman–Crippen MR) is 320 cm³/mol. The van der Waals surface area contributed by atoms with Crippen molar-refractivity contribution in [3.05, 3.63) is 179 Å². The number of rotatable bonds is 31. The largest absolute Gasteiger partial charge is 0.504 e. The SMILES string of the molecule is CCCCCc1ccc(-c2ccc(CCCCBr)cc2)cc1.CCCCCc1ccc(-c2ccc(CCCC[P+](=O)CCCCc3ccc(-c4ccc(CCCCC)cc4)cc3)cc2)cc1.CCO[P+](C)=O. The number of alkyl halides is 1. The minimum absolute atomic E-state index is 0.547. The second kappa shape index (κ2) is 37.7. The van der Waals surface area contributed by atoms with E-state index in [1.165, 1.54) is 163 Å². The van der Waals surface area contributed by atoms with Gasteiger partial charge in [-0.2, -0.15) is 0 Å². The van der Waals surface area contributed by atoms with Crippen molar-refractivity contribution < 1.29 is 13.7 Å². The maximum Gasteiger partial charge on any atom is 0.504 e. The molecule has 6 heteroatoms. The summed E-state index contributed by atoms with van der Waals surface area (Å²) in [7, 11) is -2.43. The molecule has 0 saturated carbocycles. The van der Waals surface area contributed by atoms with Crippen LogP contribution < -0.4 is 0 Å². The average Bonchev–Trinajstić information content (AvgIpc) is 3.41. The molecule has 1 atom stereocenters. The highest BCUT2D eigenvalue weighted by Gasteiger charge is 2.14. The quantitative estimate of drug-likeness (QED) is 0.0248. The Morgan fingerprint density at radius 2 is 0.556 bits per heavy atom. The molecule has 72 heavy (non-hydrogen) atoms. The first-order valence-corrected chi connectivity index (χ1v) is 32.2. The zero-order chi connectivity index (χ0) is 51.4. The molecular formula is C66H89BrO3P2+2. The van der Waals surface area contributed by atoms with Gasteiger partial charge in [-0.3, -0.25) is 0 Å². The fourth-order valence-electron chi connectivity index (χ4n) is 8.87. The smallest absolute Gasteiger partial charge is 0.147 e. The summed E-state index contributed by atoms with van der Waals surface area (Å²) in [6, 6.07) is 54.4. The molecule has 1 unspecified atom stereocenters. The van der Waals surface area contributed by atoms with E-state index in [9.17, 15) is 9.13 Å². The first kappa shape index (κ1) is 60.5. The summed E-state index contributed by atoms with van der Waals surface area (Å²) >= 11 is 3.49. The lowest BCUT2D eigenvalue weighted by Gasteiger charge is -2.06. The van der Waals surface area contributed by atoms with Crippen molar-refractivity contribution in [1.82, 2.24) is 0 Å². The summed E-state index contributed by atoms with van der Waals surface area (Å²) in [5.41, 5.74) is 16.4. The normalized spacial score (nSPS) is 11.1. The molecule has 386 valence electrons. The first-order valence-electron chi connectivity index (χ1n) is 27.8. The molecule has 0 bridgehead atoms. The summed E-state index contributed by atoms with van der Waals surface area (Å²) < 4.78 is 27.1. The zero-order valence-corrected chi connectivity index (χ0v) is 48.4. The van der Waals surface area contributed by atoms with E-state index >= 15 is 0 Å². The lowest BCUT2D eigenvalue weighted by atomic mass is 9.99. The molecule has 0 amide bonds. The van der Waals surface area contributed by atoms with E-state index in [2.05, 4.69) is 187 Å². The third-order valence-electron chi connectivity index (χ3n) is 13.3. The molecule has 0 aliphatic heterocycles. The van der Waals surface area contributed by atoms with Gasteiger partial charge in [0, 0.05) is 5.33 Å². The standard InChI is InChI=1S/C42H54OP.C21H27Br.C3H8O2P/c1-3-5-7-13-35-17-25-39(26-18-35)41-29-21-37(22-30-41)15-9-11-33-44(43)34-12-10-16-38-23-31-42(32-24-38)40-27-19-36(20-28-40)14-8-6-4-2;1-2-3-4-7-18-9-13-20(14-10-18)21-15-11-19(12-16-21)8-5-6-17-22;1-3-5-6(2)4/h17-32H,3-16,33-34H2,1-2H3;9-16H,2-8,17H2,1H3;3H2,1-2H3/q+1;;+1. The third-order valence-corrected chi connectivity index (χ3v) is 16.1. The summed E-state index contributed by atoms with van der Waals surface area (Å²) in [4.78, 5) is 0. The van der Waals surface area contributed by atoms with Gasteiger partial charge in [-0.25, -0.2) is 0 Å². The third kappa shape index (κ3) is 25.3. The molecule has 0 spiro atoms. The van der Waals surface area contributed by atoms with Gasteiger partial charge in [0.15, 0.2) is 6.66 Å². The van der Waals surface area contributed by atoms with Crippen LogP contribution in [-0.4, -0.2) is 30.9 Å². The topological polar surface area (TPSA) is 43.4 Å². The van der Waals surface area contributed by atoms with Gasteiger partial charge in [0.05, 0.1) is 6.61 Å². The van der Waals surface area contributed by atoms with Crippen LogP contribution in [0.5, 0.6) is 0 Å². The highest BCUT2D eigenvalue weighted by atomic mass is 79.9. The van der Waals surface area contributed by atoms with Gasteiger partial charge >= 0.3 is 15.8 Å². The van der Waals surface area contributed by atoms with Gasteiger partial charge in [-0.05, 0) is 175 Å². The molecule has 6 aromatic carbocycles. The van der Waals surface area contributed by atoms with Gasteiger partial charge in [-0.15, -0.1) is 4.52 Å². The summed E-state index contributed by atoms with van der Waals surface area (Å²) in [5, 5.41) is 1.11. The molecule has 0 heterocycles. The second-order valence-corrected chi connectivity index (χ2v) is 23.2. The van der Waals surface area contributed by atoms with Crippen molar-refractivity contribution in [2.24, 2.45) is 0 Å². The molecule has 0 fully saturated rings. The van der Waals surface area contributed by atoms with Crippen molar-refractivity contribution >= 4 is 31.8 Å². The molecule has 0 radical (unpaired) electrons. The summed E-state index contributed by atoms with van der Waals surface area (Å²) in [6.07, 6.45) is 27.1. The number of benzene rings is 6. The fraction of sp³-hybridized carbons (Fsp3) is 0.455. The molecular weight excluding hydrogens is 983 g/mol. The zero-order valence-electron chi connectivity index (χ0n) is 45.0. The van der Waals surface area contributed by atoms with E-state index in [4.69, 9.17) is 0 Å². The van der Waals surface area contributed by atoms with E-state index in [1.54, 1.807) is 6.66 Å². The number of aryl methyl sites for hydroxylation is 6.